The highest BCUT2D eigenvalue weighted by Gasteiger charge is 2.10. The van der Waals surface area contributed by atoms with Crippen LogP contribution in [-0.4, -0.2) is 37.5 Å². The summed E-state index contributed by atoms with van der Waals surface area (Å²) in [5, 5.41) is 3.00. The normalized spacial score (nSPS) is 11.0. The molecule has 0 aliphatic rings. The molecule has 4 heteroatoms. The molecule has 1 amide bonds. The first kappa shape index (κ1) is 20.0. The van der Waals surface area contributed by atoms with E-state index in [1.54, 1.807) is 0 Å². The Kier molecular flexibility index (Phi) is 7.22. The lowest BCUT2D eigenvalue weighted by molar-refractivity contribution is 0.0951. The summed E-state index contributed by atoms with van der Waals surface area (Å²) in [6.07, 6.45) is 0. The first-order chi connectivity index (χ1) is 12.4. The molecule has 0 aliphatic heterocycles. The highest BCUT2D eigenvalue weighted by Crippen LogP contribution is 2.17. The number of hydrogen-bond acceptors (Lipinski definition) is 3. The summed E-state index contributed by atoms with van der Waals surface area (Å²) in [5.74, 6) is -0.0403. The number of carbonyl (C=O) groups is 1. The molecule has 0 heterocycles. The minimum absolute atomic E-state index is 0.0403. The van der Waals surface area contributed by atoms with Crippen LogP contribution in [0.15, 0.2) is 48.5 Å². The lowest BCUT2D eigenvalue weighted by atomic mass is 10.1. The fourth-order valence-corrected chi connectivity index (χ4v) is 3.06. The van der Waals surface area contributed by atoms with Crippen molar-refractivity contribution >= 4 is 11.6 Å². The predicted octanol–water partition coefficient (Wildman–Crippen LogP) is 3.91. The van der Waals surface area contributed by atoms with E-state index in [1.165, 1.54) is 5.56 Å². The fraction of sp³-hybridized carbons (Fsp3) is 0.409. The van der Waals surface area contributed by atoms with Crippen LogP contribution < -0.4 is 10.2 Å². The molecule has 2 rings (SSSR count). The second kappa shape index (κ2) is 9.39. The molecule has 0 bridgehead atoms. The quantitative estimate of drug-likeness (QED) is 0.781. The Morgan fingerprint density at radius 3 is 2.04 bits per heavy atom. The van der Waals surface area contributed by atoms with E-state index < -0.39 is 0 Å². The molecule has 2 aromatic rings. The van der Waals surface area contributed by atoms with Gasteiger partial charge in [0.25, 0.3) is 5.91 Å². The average Bonchev–Trinajstić information content (AvgIpc) is 2.61. The van der Waals surface area contributed by atoms with Gasteiger partial charge in [-0.1, -0.05) is 24.3 Å². The summed E-state index contributed by atoms with van der Waals surface area (Å²) in [6, 6.07) is 16.7. The van der Waals surface area contributed by atoms with Crippen LogP contribution >= 0.6 is 0 Å². The van der Waals surface area contributed by atoms with Gasteiger partial charge < -0.3 is 15.1 Å². The molecule has 2 aromatic carbocycles. The van der Waals surface area contributed by atoms with Crippen molar-refractivity contribution in [2.75, 3.05) is 25.5 Å². The van der Waals surface area contributed by atoms with Gasteiger partial charge in [-0.15, -0.1) is 0 Å². The van der Waals surface area contributed by atoms with E-state index in [-0.39, 0.29) is 5.91 Å². The van der Waals surface area contributed by atoms with Crippen LogP contribution in [0.2, 0.25) is 0 Å². The first-order valence-corrected chi connectivity index (χ1v) is 9.28. The number of nitrogens with one attached hydrogen (secondary N) is 1. The van der Waals surface area contributed by atoms with Crippen molar-refractivity contribution in [2.45, 2.75) is 39.9 Å². The van der Waals surface area contributed by atoms with E-state index in [4.69, 9.17) is 0 Å². The van der Waals surface area contributed by atoms with Gasteiger partial charge in [-0.2, -0.15) is 0 Å². The van der Waals surface area contributed by atoms with Gasteiger partial charge in [0.15, 0.2) is 0 Å². The molecule has 26 heavy (non-hydrogen) atoms. The van der Waals surface area contributed by atoms with Crippen molar-refractivity contribution in [3.05, 3.63) is 65.2 Å². The predicted molar refractivity (Wildman–Crippen MR) is 110 cm³/mol. The smallest absolute Gasteiger partial charge is 0.251 e. The van der Waals surface area contributed by atoms with E-state index in [0.717, 1.165) is 24.3 Å². The van der Waals surface area contributed by atoms with E-state index in [2.05, 4.69) is 74.2 Å². The topological polar surface area (TPSA) is 35.6 Å². The third-order valence-corrected chi connectivity index (χ3v) is 4.40. The molecule has 0 radical (unpaired) electrons. The Labute approximate surface area is 157 Å². The Morgan fingerprint density at radius 1 is 0.962 bits per heavy atom. The van der Waals surface area contributed by atoms with Crippen molar-refractivity contribution < 1.29 is 4.79 Å². The molecule has 0 aliphatic carbocycles. The lowest BCUT2D eigenvalue weighted by Crippen LogP contribution is -2.30. The largest absolute Gasteiger partial charge is 0.369 e. The van der Waals surface area contributed by atoms with E-state index >= 15 is 0 Å². The average molecular weight is 354 g/mol. The zero-order chi connectivity index (χ0) is 19.1. The lowest BCUT2D eigenvalue weighted by Gasteiger charge is -2.27. The van der Waals surface area contributed by atoms with Gasteiger partial charge in [0.2, 0.25) is 0 Å². The minimum atomic E-state index is -0.0403. The van der Waals surface area contributed by atoms with E-state index in [9.17, 15) is 4.79 Å². The van der Waals surface area contributed by atoms with Crippen molar-refractivity contribution in [1.29, 1.82) is 0 Å². The molecule has 0 fully saturated rings. The third kappa shape index (κ3) is 5.60. The van der Waals surface area contributed by atoms with Gasteiger partial charge in [-0.25, -0.2) is 0 Å². The van der Waals surface area contributed by atoms with Crippen molar-refractivity contribution in [1.82, 2.24) is 10.2 Å². The summed E-state index contributed by atoms with van der Waals surface area (Å²) in [4.78, 5) is 16.8. The molecule has 140 valence electrons. The molecule has 0 aromatic heterocycles. The maximum atomic E-state index is 12.4. The van der Waals surface area contributed by atoms with Gasteiger partial charge in [0.1, 0.15) is 0 Å². The second-order valence-corrected chi connectivity index (χ2v) is 7.16. The Balaban J connectivity index is 1.93. The minimum Gasteiger partial charge on any atom is -0.369 e. The Morgan fingerprint density at radius 2 is 1.54 bits per heavy atom. The van der Waals surface area contributed by atoms with Crippen molar-refractivity contribution in [3.8, 4) is 0 Å². The highest BCUT2D eigenvalue weighted by atomic mass is 16.1. The van der Waals surface area contributed by atoms with Crippen molar-refractivity contribution in [2.24, 2.45) is 0 Å². The van der Waals surface area contributed by atoms with Crippen LogP contribution in [0.1, 0.15) is 42.3 Å². The fourth-order valence-electron chi connectivity index (χ4n) is 3.06. The van der Waals surface area contributed by atoms with Gasteiger partial charge >= 0.3 is 0 Å². The number of benzene rings is 2. The summed E-state index contributed by atoms with van der Waals surface area (Å²) in [6.45, 7) is 8.90. The molecule has 0 atom stereocenters. The standard InChI is InChI=1S/C22H31N3O/c1-6-25(17(2)3)21-13-11-20(12-14-21)22(26)23-15-18-7-9-19(10-8-18)16-24(4)5/h7-14,17H,6,15-16H2,1-5H3,(H,23,26). The van der Waals surface area contributed by atoms with Crippen molar-refractivity contribution in [3.63, 3.8) is 0 Å². The zero-order valence-corrected chi connectivity index (χ0v) is 16.6. The SMILES string of the molecule is CCN(c1ccc(C(=O)NCc2ccc(CN(C)C)cc2)cc1)C(C)C. The molecule has 0 saturated carbocycles. The highest BCUT2D eigenvalue weighted by molar-refractivity contribution is 5.94. The van der Waals surface area contributed by atoms with E-state index in [1.807, 2.05) is 24.3 Å². The van der Waals surface area contributed by atoms with Crippen LogP contribution in [0.25, 0.3) is 0 Å². The number of anilines is 1. The molecular formula is C22H31N3O. The molecule has 0 unspecified atom stereocenters. The molecule has 0 saturated heterocycles. The molecular weight excluding hydrogens is 322 g/mol. The maximum absolute atomic E-state index is 12.4. The summed E-state index contributed by atoms with van der Waals surface area (Å²) in [5.41, 5.74) is 4.22. The molecule has 1 N–H and O–H groups in total. The Bertz CT molecular complexity index is 690. The number of rotatable bonds is 8. The summed E-state index contributed by atoms with van der Waals surface area (Å²) < 4.78 is 0. The van der Waals surface area contributed by atoms with E-state index in [0.29, 0.717) is 18.2 Å². The molecule has 0 spiro atoms. The third-order valence-electron chi connectivity index (χ3n) is 4.40. The van der Waals surface area contributed by atoms with Crippen LogP contribution in [-0.2, 0) is 13.1 Å². The number of hydrogen-bond donors (Lipinski definition) is 1. The van der Waals surface area contributed by atoms with Gasteiger partial charge in [-0.05, 0) is 70.3 Å². The maximum Gasteiger partial charge on any atom is 0.251 e. The van der Waals surface area contributed by atoms with Crippen LogP contribution in [0.3, 0.4) is 0 Å². The second-order valence-electron chi connectivity index (χ2n) is 7.16. The monoisotopic (exact) mass is 353 g/mol. The summed E-state index contributed by atoms with van der Waals surface area (Å²) in [7, 11) is 4.11. The van der Waals surface area contributed by atoms with Gasteiger partial charge in [0, 0.05) is 36.9 Å². The van der Waals surface area contributed by atoms with Gasteiger partial charge in [0.05, 0.1) is 0 Å². The van der Waals surface area contributed by atoms with Crippen LogP contribution in [0.4, 0.5) is 5.69 Å². The van der Waals surface area contributed by atoms with Crippen LogP contribution in [0.5, 0.6) is 0 Å². The van der Waals surface area contributed by atoms with Gasteiger partial charge in [-0.3, -0.25) is 4.79 Å². The number of amides is 1. The number of nitrogens with zero attached hydrogens (tertiary/aromatic N) is 2. The zero-order valence-electron chi connectivity index (χ0n) is 16.6. The first-order valence-electron chi connectivity index (χ1n) is 9.28. The van der Waals surface area contributed by atoms with Crippen LogP contribution in [0, 0.1) is 0 Å². The Hall–Kier alpha value is -2.33. The number of carbonyl (C=O) groups excluding carboxylic acids is 1. The summed E-state index contributed by atoms with van der Waals surface area (Å²) >= 11 is 0. The molecule has 4 nitrogen and oxygen atoms in total.